The Bertz CT molecular complexity index is 920. The molecule has 0 aliphatic heterocycles. The van der Waals surface area contributed by atoms with Gasteiger partial charge in [-0.3, -0.25) is 4.79 Å². The number of carbonyl (C=O) groups is 1. The summed E-state index contributed by atoms with van der Waals surface area (Å²) >= 11 is 0. The van der Waals surface area contributed by atoms with E-state index >= 15 is 0 Å². The molecule has 3 aromatic rings. The summed E-state index contributed by atoms with van der Waals surface area (Å²) in [6, 6.07) is 13.0. The average molecular weight is 330 g/mol. The van der Waals surface area contributed by atoms with Gasteiger partial charge in [0.25, 0.3) is 5.78 Å². The molecule has 1 heterocycles. The van der Waals surface area contributed by atoms with E-state index in [1.54, 1.807) is 12.3 Å². The summed E-state index contributed by atoms with van der Waals surface area (Å²) in [4.78, 5) is 15.6. The second-order valence-electron chi connectivity index (χ2n) is 5.42. The fourth-order valence-electron chi connectivity index (χ4n) is 2.44. The van der Waals surface area contributed by atoms with E-state index in [4.69, 9.17) is 0 Å². The number of hydrogen-bond donors (Lipinski definition) is 1. The summed E-state index contributed by atoms with van der Waals surface area (Å²) < 4.78 is 37.7. The topological polar surface area (TPSA) is 42.0 Å². The Morgan fingerprint density at radius 1 is 1.08 bits per heavy atom. The molecule has 122 valence electrons. The zero-order chi connectivity index (χ0) is 17.3. The molecule has 0 bridgehead atoms. The third-order valence-corrected chi connectivity index (χ3v) is 3.56. The molecule has 6 heteroatoms. The first-order valence-electron chi connectivity index (χ1n) is 7.18. The highest BCUT2D eigenvalue weighted by Crippen LogP contribution is 2.27. The standard InChI is InChI=1S/C18H13F3N2O/c1-11-5-6-15-12(9-11)7-8-22-17(15)23-14-4-2-3-13(10-14)16(24)18(19,20)21/h2-10H,1H3,(H,22,23). The lowest BCUT2D eigenvalue weighted by Gasteiger charge is -2.11. The molecule has 0 aliphatic carbocycles. The van der Waals surface area contributed by atoms with Crippen molar-refractivity contribution in [1.82, 2.24) is 4.98 Å². The van der Waals surface area contributed by atoms with E-state index in [9.17, 15) is 18.0 Å². The second-order valence-corrected chi connectivity index (χ2v) is 5.42. The van der Waals surface area contributed by atoms with Crippen molar-refractivity contribution in [3.8, 4) is 0 Å². The molecule has 2 aromatic carbocycles. The van der Waals surface area contributed by atoms with Gasteiger partial charge in [-0.25, -0.2) is 4.98 Å². The SMILES string of the molecule is Cc1ccc2c(Nc3cccc(C(=O)C(F)(F)F)c3)nccc2c1. The van der Waals surface area contributed by atoms with Gasteiger partial charge in [-0.05, 0) is 30.5 Å². The maximum absolute atomic E-state index is 12.6. The van der Waals surface area contributed by atoms with Gasteiger partial charge in [0, 0.05) is 22.8 Å². The minimum absolute atomic E-state index is 0.366. The molecular weight excluding hydrogens is 317 g/mol. The van der Waals surface area contributed by atoms with E-state index in [0.29, 0.717) is 11.5 Å². The van der Waals surface area contributed by atoms with Crippen LogP contribution >= 0.6 is 0 Å². The maximum atomic E-state index is 12.6. The summed E-state index contributed by atoms with van der Waals surface area (Å²) in [6.45, 7) is 1.97. The van der Waals surface area contributed by atoms with E-state index in [2.05, 4.69) is 10.3 Å². The van der Waals surface area contributed by atoms with E-state index in [1.165, 1.54) is 12.1 Å². The van der Waals surface area contributed by atoms with Gasteiger partial charge in [0.2, 0.25) is 0 Å². The number of hydrogen-bond acceptors (Lipinski definition) is 3. The lowest BCUT2D eigenvalue weighted by molar-refractivity contribution is -0.0885. The highest BCUT2D eigenvalue weighted by atomic mass is 19.4. The maximum Gasteiger partial charge on any atom is 0.454 e. The Morgan fingerprint density at radius 2 is 1.88 bits per heavy atom. The predicted octanol–water partition coefficient (Wildman–Crippen LogP) is 5.03. The summed E-state index contributed by atoms with van der Waals surface area (Å²) in [5, 5.41) is 4.79. The number of nitrogens with one attached hydrogen (secondary N) is 1. The highest BCUT2D eigenvalue weighted by Gasteiger charge is 2.39. The molecule has 1 aromatic heterocycles. The minimum Gasteiger partial charge on any atom is -0.340 e. The van der Waals surface area contributed by atoms with Crippen LogP contribution in [0.4, 0.5) is 24.7 Å². The molecule has 3 nitrogen and oxygen atoms in total. The fraction of sp³-hybridized carbons (Fsp3) is 0.111. The number of rotatable bonds is 3. The predicted molar refractivity (Wildman–Crippen MR) is 86.6 cm³/mol. The molecule has 0 fully saturated rings. The average Bonchev–Trinajstić information content (AvgIpc) is 2.53. The zero-order valence-corrected chi connectivity index (χ0v) is 12.7. The number of carbonyl (C=O) groups excluding carboxylic acids is 1. The summed E-state index contributed by atoms with van der Waals surface area (Å²) in [5.41, 5.74) is 1.05. The number of aromatic nitrogens is 1. The molecule has 24 heavy (non-hydrogen) atoms. The van der Waals surface area contributed by atoms with Crippen LogP contribution in [0.3, 0.4) is 0 Å². The first-order chi connectivity index (χ1) is 11.3. The molecule has 0 aliphatic rings. The van der Waals surface area contributed by atoms with Crippen LogP contribution in [0.1, 0.15) is 15.9 Å². The van der Waals surface area contributed by atoms with Gasteiger partial charge in [0.05, 0.1) is 0 Å². The van der Waals surface area contributed by atoms with E-state index in [1.807, 2.05) is 31.2 Å². The van der Waals surface area contributed by atoms with Crippen molar-refractivity contribution < 1.29 is 18.0 Å². The molecule has 0 unspecified atom stereocenters. The zero-order valence-electron chi connectivity index (χ0n) is 12.7. The van der Waals surface area contributed by atoms with Crippen LogP contribution in [-0.4, -0.2) is 16.9 Å². The van der Waals surface area contributed by atoms with Gasteiger partial charge >= 0.3 is 6.18 Å². The number of Topliss-reactive ketones (excluding diaryl/α,β-unsaturated/α-hetero) is 1. The number of fused-ring (bicyclic) bond motifs is 1. The van der Waals surface area contributed by atoms with Crippen molar-refractivity contribution in [2.75, 3.05) is 5.32 Å². The fourth-order valence-corrected chi connectivity index (χ4v) is 2.44. The van der Waals surface area contributed by atoms with Crippen molar-refractivity contribution in [2.45, 2.75) is 13.1 Å². The van der Waals surface area contributed by atoms with Gasteiger partial charge in [-0.2, -0.15) is 13.2 Å². The number of anilines is 2. The number of ketones is 1. The third-order valence-electron chi connectivity index (χ3n) is 3.56. The number of aryl methyl sites for hydroxylation is 1. The van der Waals surface area contributed by atoms with Gasteiger partial charge in [0.15, 0.2) is 0 Å². The lowest BCUT2D eigenvalue weighted by Crippen LogP contribution is -2.22. The van der Waals surface area contributed by atoms with E-state index < -0.39 is 17.5 Å². The van der Waals surface area contributed by atoms with Crippen molar-refractivity contribution in [3.05, 3.63) is 65.9 Å². The minimum atomic E-state index is -4.89. The number of nitrogens with zero attached hydrogens (tertiary/aromatic N) is 1. The molecule has 3 rings (SSSR count). The van der Waals surface area contributed by atoms with Crippen molar-refractivity contribution in [2.24, 2.45) is 0 Å². The van der Waals surface area contributed by atoms with Gasteiger partial charge in [-0.1, -0.05) is 35.9 Å². The van der Waals surface area contributed by atoms with Crippen LogP contribution in [0.25, 0.3) is 10.8 Å². The summed E-state index contributed by atoms with van der Waals surface area (Å²) in [7, 11) is 0. The molecule has 1 N–H and O–H groups in total. The lowest BCUT2D eigenvalue weighted by atomic mass is 10.1. The smallest absolute Gasteiger partial charge is 0.340 e. The Morgan fingerprint density at radius 3 is 2.62 bits per heavy atom. The Hall–Kier alpha value is -2.89. The van der Waals surface area contributed by atoms with Crippen LogP contribution in [0.5, 0.6) is 0 Å². The van der Waals surface area contributed by atoms with Crippen LogP contribution in [-0.2, 0) is 0 Å². The Labute approximate surface area is 136 Å². The normalized spacial score (nSPS) is 11.5. The first-order valence-corrected chi connectivity index (χ1v) is 7.18. The molecule has 0 saturated heterocycles. The highest BCUT2D eigenvalue weighted by molar-refractivity contribution is 6.01. The van der Waals surface area contributed by atoms with Crippen molar-refractivity contribution in [1.29, 1.82) is 0 Å². The second kappa shape index (κ2) is 5.96. The van der Waals surface area contributed by atoms with Crippen LogP contribution in [0.2, 0.25) is 0 Å². The van der Waals surface area contributed by atoms with Gasteiger partial charge < -0.3 is 5.32 Å². The van der Waals surface area contributed by atoms with Crippen LogP contribution in [0.15, 0.2) is 54.7 Å². The largest absolute Gasteiger partial charge is 0.454 e. The molecule has 0 spiro atoms. The number of halogens is 3. The van der Waals surface area contributed by atoms with E-state index in [-0.39, 0.29) is 0 Å². The molecule has 0 atom stereocenters. The quantitative estimate of drug-likeness (QED) is 0.685. The Balaban J connectivity index is 1.96. The van der Waals surface area contributed by atoms with Crippen LogP contribution in [0, 0.1) is 6.92 Å². The van der Waals surface area contributed by atoms with Gasteiger partial charge in [0.1, 0.15) is 5.82 Å². The van der Waals surface area contributed by atoms with Crippen molar-refractivity contribution >= 4 is 28.1 Å². The molecule has 0 radical (unpaired) electrons. The van der Waals surface area contributed by atoms with Gasteiger partial charge in [-0.15, -0.1) is 0 Å². The summed E-state index contributed by atoms with van der Waals surface area (Å²) in [6.07, 6.45) is -3.28. The van der Waals surface area contributed by atoms with Crippen molar-refractivity contribution in [3.63, 3.8) is 0 Å². The molecule has 0 saturated carbocycles. The first kappa shape index (κ1) is 16.0. The van der Waals surface area contributed by atoms with E-state index in [0.717, 1.165) is 22.4 Å². The number of alkyl halides is 3. The monoisotopic (exact) mass is 330 g/mol. The number of benzene rings is 2. The number of pyridine rings is 1. The Kier molecular flexibility index (Phi) is 3.97. The molecule has 0 amide bonds. The molecular formula is C18H13F3N2O. The summed E-state index contributed by atoms with van der Waals surface area (Å²) in [5.74, 6) is -1.35. The third kappa shape index (κ3) is 3.22. The van der Waals surface area contributed by atoms with Crippen LogP contribution < -0.4 is 5.32 Å².